The zero-order chi connectivity index (χ0) is 15.7. The Morgan fingerprint density at radius 1 is 1.23 bits per heavy atom. The molecule has 0 saturated heterocycles. The maximum absolute atomic E-state index is 12.2. The van der Waals surface area contributed by atoms with Gasteiger partial charge >= 0.3 is 0 Å². The molecule has 3 aromatic rings. The highest BCUT2D eigenvalue weighted by Gasteiger charge is 2.14. The number of hydrogen-bond donors (Lipinski definition) is 1. The molecule has 1 amide bonds. The summed E-state index contributed by atoms with van der Waals surface area (Å²) < 4.78 is 1.56. The number of amides is 1. The predicted molar refractivity (Wildman–Crippen MR) is 82.6 cm³/mol. The summed E-state index contributed by atoms with van der Waals surface area (Å²) in [5.74, 6) is 0.258. The minimum atomic E-state index is -0.301. The number of hydrogen-bond acceptors (Lipinski definition) is 4. The lowest BCUT2D eigenvalue weighted by Crippen LogP contribution is -2.24. The Labute approximate surface area is 128 Å². The lowest BCUT2D eigenvalue weighted by molar-refractivity contribution is 0.0940. The lowest BCUT2D eigenvalue weighted by atomic mass is 10.1. The minimum absolute atomic E-state index is 0.131. The normalized spacial score (nSPS) is 10.9. The zero-order valence-electron chi connectivity index (χ0n) is 12.8. The molecule has 112 valence electrons. The summed E-state index contributed by atoms with van der Waals surface area (Å²) in [5, 5.41) is 7.04. The Kier molecular flexibility index (Phi) is 3.58. The van der Waals surface area contributed by atoms with Gasteiger partial charge in [-0.05, 0) is 38.0 Å². The molecule has 0 atom stereocenters. The van der Waals surface area contributed by atoms with Gasteiger partial charge in [-0.2, -0.15) is 4.98 Å². The van der Waals surface area contributed by atoms with Crippen molar-refractivity contribution in [2.75, 3.05) is 0 Å². The van der Waals surface area contributed by atoms with Gasteiger partial charge < -0.3 is 5.32 Å². The van der Waals surface area contributed by atoms with Crippen LogP contribution in [0.1, 0.15) is 33.0 Å². The van der Waals surface area contributed by atoms with Crippen molar-refractivity contribution in [1.29, 1.82) is 0 Å². The van der Waals surface area contributed by atoms with Gasteiger partial charge in [0, 0.05) is 18.4 Å². The van der Waals surface area contributed by atoms with Crippen molar-refractivity contribution < 1.29 is 4.79 Å². The lowest BCUT2D eigenvalue weighted by Gasteiger charge is -2.07. The fourth-order valence-corrected chi connectivity index (χ4v) is 2.30. The van der Waals surface area contributed by atoms with E-state index in [1.165, 1.54) is 5.56 Å². The van der Waals surface area contributed by atoms with Gasteiger partial charge in [-0.25, -0.2) is 9.50 Å². The quantitative estimate of drug-likeness (QED) is 0.802. The number of rotatable bonds is 3. The summed E-state index contributed by atoms with van der Waals surface area (Å²) >= 11 is 0. The summed E-state index contributed by atoms with van der Waals surface area (Å²) in [6.07, 6.45) is 1.65. The van der Waals surface area contributed by atoms with E-state index in [-0.39, 0.29) is 11.7 Å². The van der Waals surface area contributed by atoms with Gasteiger partial charge in [-0.3, -0.25) is 4.79 Å². The fourth-order valence-electron chi connectivity index (χ4n) is 2.30. The van der Waals surface area contributed by atoms with Crippen LogP contribution >= 0.6 is 0 Å². The van der Waals surface area contributed by atoms with E-state index < -0.39 is 0 Å². The minimum Gasteiger partial charge on any atom is -0.345 e. The van der Waals surface area contributed by atoms with Crippen molar-refractivity contribution in [3.63, 3.8) is 0 Å². The van der Waals surface area contributed by atoms with Crippen LogP contribution in [0, 0.1) is 20.8 Å². The highest BCUT2D eigenvalue weighted by atomic mass is 16.2. The molecule has 2 heterocycles. The second kappa shape index (κ2) is 5.55. The summed E-state index contributed by atoms with van der Waals surface area (Å²) in [7, 11) is 0. The van der Waals surface area contributed by atoms with Crippen LogP contribution in [0.4, 0.5) is 0 Å². The third-order valence-electron chi connectivity index (χ3n) is 3.57. The number of nitrogens with zero attached hydrogens (tertiary/aromatic N) is 4. The van der Waals surface area contributed by atoms with E-state index in [1.54, 1.807) is 10.7 Å². The first-order chi connectivity index (χ1) is 10.5. The van der Waals surface area contributed by atoms with Gasteiger partial charge in [0.2, 0.25) is 5.82 Å². The molecule has 3 rings (SSSR count). The van der Waals surface area contributed by atoms with Crippen LogP contribution in [0.2, 0.25) is 0 Å². The second-order valence-corrected chi connectivity index (χ2v) is 5.35. The smallest absolute Gasteiger partial charge is 0.291 e. The Bertz CT molecular complexity index is 853. The van der Waals surface area contributed by atoms with E-state index >= 15 is 0 Å². The number of nitrogens with one attached hydrogen (secondary N) is 1. The number of aromatic nitrogens is 4. The molecule has 6 nitrogen and oxygen atoms in total. The highest BCUT2D eigenvalue weighted by Crippen LogP contribution is 2.10. The third-order valence-corrected chi connectivity index (χ3v) is 3.57. The van der Waals surface area contributed by atoms with E-state index in [4.69, 9.17) is 0 Å². The Morgan fingerprint density at radius 2 is 2.05 bits per heavy atom. The first-order valence-electron chi connectivity index (χ1n) is 7.07. The van der Waals surface area contributed by atoms with Crippen molar-refractivity contribution in [3.8, 4) is 0 Å². The molecule has 0 radical (unpaired) electrons. The molecule has 0 bridgehead atoms. The van der Waals surface area contributed by atoms with E-state index in [1.807, 2.05) is 39.0 Å². The van der Waals surface area contributed by atoms with Gasteiger partial charge in [0.1, 0.15) is 0 Å². The van der Waals surface area contributed by atoms with Gasteiger partial charge in [0.25, 0.3) is 11.7 Å². The topological polar surface area (TPSA) is 72.2 Å². The van der Waals surface area contributed by atoms with Crippen LogP contribution in [0.5, 0.6) is 0 Å². The molecule has 22 heavy (non-hydrogen) atoms. The summed E-state index contributed by atoms with van der Waals surface area (Å²) in [6.45, 7) is 6.42. The average Bonchev–Trinajstić information content (AvgIpc) is 2.92. The molecule has 1 aromatic carbocycles. The molecule has 0 saturated carbocycles. The van der Waals surface area contributed by atoms with Crippen molar-refractivity contribution in [3.05, 3.63) is 58.7 Å². The molecule has 0 spiro atoms. The predicted octanol–water partition coefficient (Wildman–Crippen LogP) is 1.98. The molecule has 2 aromatic heterocycles. The van der Waals surface area contributed by atoms with Crippen LogP contribution in [0.15, 0.2) is 30.5 Å². The van der Waals surface area contributed by atoms with Crippen molar-refractivity contribution in [2.24, 2.45) is 0 Å². The first kappa shape index (κ1) is 14.2. The first-order valence-corrected chi connectivity index (χ1v) is 7.07. The van der Waals surface area contributed by atoms with Crippen LogP contribution in [-0.2, 0) is 6.54 Å². The summed E-state index contributed by atoms with van der Waals surface area (Å²) in [6, 6.07) is 7.97. The number of carbonyl (C=O) groups is 1. The summed E-state index contributed by atoms with van der Waals surface area (Å²) in [4.78, 5) is 20.4. The van der Waals surface area contributed by atoms with E-state index in [0.29, 0.717) is 12.3 Å². The molecule has 0 aliphatic rings. The van der Waals surface area contributed by atoms with E-state index in [2.05, 4.69) is 26.4 Å². The number of aryl methyl sites for hydroxylation is 3. The molecule has 0 unspecified atom stereocenters. The van der Waals surface area contributed by atoms with Crippen LogP contribution < -0.4 is 5.32 Å². The van der Waals surface area contributed by atoms with Gasteiger partial charge in [0.15, 0.2) is 0 Å². The van der Waals surface area contributed by atoms with Crippen LogP contribution in [0.3, 0.4) is 0 Å². The Hall–Kier alpha value is -2.76. The van der Waals surface area contributed by atoms with Gasteiger partial charge in [-0.1, -0.05) is 23.8 Å². The molecule has 0 fully saturated rings. The average molecular weight is 295 g/mol. The molecular formula is C16H17N5O. The zero-order valence-corrected chi connectivity index (χ0v) is 12.8. The molecule has 6 heteroatoms. The highest BCUT2D eigenvalue weighted by molar-refractivity contribution is 5.90. The van der Waals surface area contributed by atoms with Crippen LogP contribution in [-0.4, -0.2) is 25.5 Å². The number of benzene rings is 1. The SMILES string of the molecule is Cc1ccc(CNC(=O)c2nc3nccc(C)n3n2)c(C)c1. The molecule has 1 N–H and O–H groups in total. The van der Waals surface area contributed by atoms with Crippen molar-refractivity contribution in [2.45, 2.75) is 27.3 Å². The van der Waals surface area contributed by atoms with Crippen molar-refractivity contribution in [1.82, 2.24) is 24.9 Å². The van der Waals surface area contributed by atoms with Crippen molar-refractivity contribution >= 4 is 11.7 Å². The molecule has 0 aliphatic carbocycles. The maximum atomic E-state index is 12.2. The van der Waals surface area contributed by atoms with E-state index in [0.717, 1.165) is 16.8 Å². The van der Waals surface area contributed by atoms with Crippen LogP contribution in [0.25, 0.3) is 5.78 Å². The molecule has 0 aliphatic heterocycles. The fraction of sp³-hybridized carbons (Fsp3) is 0.250. The standard InChI is InChI=1S/C16H17N5O/c1-10-4-5-13(11(2)8-10)9-18-15(22)14-19-16-17-7-6-12(3)21(16)20-14/h4-8H,9H2,1-3H3,(H,18,22). The summed E-state index contributed by atoms with van der Waals surface area (Å²) in [5.41, 5.74) is 4.32. The van der Waals surface area contributed by atoms with Gasteiger partial charge in [0.05, 0.1) is 0 Å². The monoisotopic (exact) mass is 295 g/mol. The Morgan fingerprint density at radius 3 is 2.77 bits per heavy atom. The largest absolute Gasteiger partial charge is 0.345 e. The number of carbonyl (C=O) groups excluding carboxylic acids is 1. The number of fused-ring (bicyclic) bond motifs is 1. The third kappa shape index (κ3) is 2.67. The Balaban J connectivity index is 1.77. The maximum Gasteiger partial charge on any atom is 0.291 e. The molecular weight excluding hydrogens is 278 g/mol. The van der Waals surface area contributed by atoms with Gasteiger partial charge in [-0.15, -0.1) is 5.10 Å². The van der Waals surface area contributed by atoms with E-state index in [9.17, 15) is 4.79 Å². The second-order valence-electron chi connectivity index (χ2n) is 5.35.